The molecule has 0 radical (unpaired) electrons. The van der Waals surface area contributed by atoms with Gasteiger partial charge in [-0.25, -0.2) is 0 Å². The van der Waals surface area contributed by atoms with Crippen molar-refractivity contribution < 1.29 is 19.1 Å². The van der Waals surface area contributed by atoms with Gasteiger partial charge in [-0.1, -0.05) is 111 Å². The highest BCUT2D eigenvalue weighted by atomic mass is 16.5. The maximum Gasteiger partial charge on any atom is 0.305 e. The highest BCUT2D eigenvalue weighted by Crippen LogP contribution is 2.14. The van der Waals surface area contributed by atoms with E-state index in [2.05, 4.69) is 27.7 Å². The van der Waals surface area contributed by atoms with Crippen LogP contribution in [0.1, 0.15) is 163 Å². The van der Waals surface area contributed by atoms with E-state index in [4.69, 9.17) is 9.47 Å². The largest absolute Gasteiger partial charge is 0.466 e. The van der Waals surface area contributed by atoms with E-state index >= 15 is 0 Å². The van der Waals surface area contributed by atoms with Gasteiger partial charge in [0, 0.05) is 12.8 Å². The van der Waals surface area contributed by atoms with Crippen LogP contribution in [0.15, 0.2) is 0 Å². The standard InChI is InChI=1S/C31H60O4/c1-28(2)22-18-20-26-34-30(32)24-16-14-12-10-8-6-5-7-9-11-13-15-17-25-31(33)35-27-21-19-23-29(3)4/h28-29H,5-27H2,1-4H3. The molecule has 0 aliphatic carbocycles. The first-order valence-corrected chi connectivity index (χ1v) is 15.2. The second-order valence-electron chi connectivity index (χ2n) is 11.3. The summed E-state index contributed by atoms with van der Waals surface area (Å²) >= 11 is 0. The lowest BCUT2D eigenvalue weighted by Crippen LogP contribution is -2.05. The van der Waals surface area contributed by atoms with Gasteiger partial charge in [0.05, 0.1) is 13.2 Å². The van der Waals surface area contributed by atoms with Gasteiger partial charge >= 0.3 is 11.9 Å². The second kappa shape index (κ2) is 26.0. The van der Waals surface area contributed by atoms with Crippen LogP contribution in [0.25, 0.3) is 0 Å². The van der Waals surface area contributed by atoms with Crippen molar-refractivity contribution in [1.29, 1.82) is 0 Å². The van der Waals surface area contributed by atoms with Crippen molar-refractivity contribution in [3.8, 4) is 0 Å². The van der Waals surface area contributed by atoms with Crippen LogP contribution in [0.4, 0.5) is 0 Å². The Bertz CT molecular complexity index is 431. The highest BCUT2D eigenvalue weighted by Gasteiger charge is 2.04. The molecule has 0 rings (SSSR count). The van der Waals surface area contributed by atoms with Crippen LogP contribution in [0.2, 0.25) is 0 Å². The fourth-order valence-corrected chi connectivity index (χ4v) is 4.31. The summed E-state index contributed by atoms with van der Waals surface area (Å²) < 4.78 is 10.6. The van der Waals surface area contributed by atoms with Gasteiger partial charge in [-0.2, -0.15) is 0 Å². The summed E-state index contributed by atoms with van der Waals surface area (Å²) in [6.07, 6.45) is 23.9. The number of rotatable bonds is 26. The zero-order valence-electron chi connectivity index (χ0n) is 24.1. The van der Waals surface area contributed by atoms with Crippen LogP contribution in [-0.4, -0.2) is 25.2 Å². The van der Waals surface area contributed by atoms with Gasteiger partial charge in [-0.15, -0.1) is 0 Å². The molecule has 35 heavy (non-hydrogen) atoms. The Labute approximate surface area is 218 Å². The van der Waals surface area contributed by atoms with Crippen molar-refractivity contribution >= 4 is 11.9 Å². The van der Waals surface area contributed by atoms with Crippen LogP contribution in [0.3, 0.4) is 0 Å². The number of esters is 2. The van der Waals surface area contributed by atoms with E-state index < -0.39 is 0 Å². The van der Waals surface area contributed by atoms with Crippen molar-refractivity contribution in [3.63, 3.8) is 0 Å². The third-order valence-corrected chi connectivity index (χ3v) is 6.64. The maximum atomic E-state index is 11.7. The molecule has 4 heteroatoms. The molecule has 0 amide bonds. The minimum absolute atomic E-state index is 0.0120. The zero-order valence-corrected chi connectivity index (χ0v) is 24.1. The lowest BCUT2D eigenvalue weighted by atomic mass is 10.0. The molecule has 0 aromatic heterocycles. The number of unbranched alkanes of at least 4 members (excludes halogenated alkanes) is 14. The normalized spacial score (nSPS) is 11.4. The Hall–Kier alpha value is -1.06. The molecule has 0 N–H and O–H groups in total. The summed E-state index contributed by atoms with van der Waals surface area (Å²) in [5.41, 5.74) is 0. The van der Waals surface area contributed by atoms with Crippen molar-refractivity contribution in [2.45, 2.75) is 163 Å². The topological polar surface area (TPSA) is 52.6 Å². The second-order valence-corrected chi connectivity index (χ2v) is 11.3. The third kappa shape index (κ3) is 29.1. The Balaban J connectivity index is 3.21. The van der Waals surface area contributed by atoms with Gasteiger partial charge < -0.3 is 9.47 Å². The number of hydrogen-bond acceptors (Lipinski definition) is 4. The van der Waals surface area contributed by atoms with Crippen LogP contribution < -0.4 is 0 Å². The number of hydrogen-bond donors (Lipinski definition) is 0. The molecule has 0 bridgehead atoms. The molecule has 0 unspecified atom stereocenters. The molecule has 0 heterocycles. The van der Waals surface area contributed by atoms with E-state index in [0.717, 1.165) is 63.2 Å². The molecule has 0 aliphatic heterocycles. The van der Waals surface area contributed by atoms with E-state index in [9.17, 15) is 9.59 Å². The predicted molar refractivity (Wildman–Crippen MR) is 149 cm³/mol. The Kier molecular flexibility index (Phi) is 25.2. The molecule has 0 aromatic rings. The van der Waals surface area contributed by atoms with Gasteiger partial charge in [-0.05, 0) is 50.4 Å². The molecule has 208 valence electrons. The van der Waals surface area contributed by atoms with E-state index in [1.807, 2.05) is 0 Å². The van der Waals surface area contributed by atoms with E-state index in [1.165, 1.54) is 70.6 Å². The SMILES string of the molecule is CC(C)CCCCOC(=O)CCCCCCCCCCCCCCCC(=O)OCCCCC(C)C. The zero-order chi connectivity index (χ0) is 26.0. The number of carbonyl (C=O) groups is 2. The Morgan fingerprint density at radius 2 is 0.714 bits per heavy atom. The number of ether oxygens (including phenoxy) is 2. The van der Waals surface area contributed by atoms with Gasteiger partial charge in [0.1, 0.15) is 0 Å². The van der Waals surface area contributed by atoms with Crippen LogP contribution in [0, 0.1) is 11.8 Å². The molecular formula is C31H60O4. The number of carbonyl (C=O) groups excluding carboxylic acids is 2. The minimum atomic E-state index is -0.0120. The molecule has 4 nitrogen and oxygen atoms in total. The first-order chi connectivity index (χ1) is 16.9. The maximum absolute atomic E-state index is 11.7. The lowest BCUT2D eigenvalue weighted by molar-refractivity contribution is -0.144. The monoisotopic (exact) mass is 496 g/mol. The smallest absolute Gasteiger partial charge is 0.305 e. The molecule has 0 fully saturated rings. The molecule has 0 aliphatic rings. The minimum Gasteiger partial charge on any atom is -0.466 e. The van der Waals surface area contributed by atoms with Gasteiger partial charge in [0.15, 0.2) is 0 Å². The summed E-state index contributed by atoms with van der Waals surface area (Å²) in [5, 5.41) is 0. The Morgan fingerprint density at radius 3 is 1.00 bits per heavy atom. The van der Waals surface area contributed by atoms with E-state index in [1.54, 1.807) is 0 Å². The van der Waals surface area contributed by atoms with Crippen molar-refractivity contribution in [2.75, 3.05) is 13.2 Å². The van der Waals surface area contributed by atoms with E-state index in [0.29, 0.717) is 26.1 Å². The van der Waals surface area contributed by atoms with Crippen LogP contribution in [-0.2, 0) is 19.1 Å². The lowest BCUT2D eigenvalue weighted by Gasteiger charge is -2.06. The van der Waals surface area contributed by atoms with Gasteiger partial charge in [0.25, 0.3) is 0 Å². The average Bonchev–Trinajstić information content (AvgIpc) is 2.80. The first-order valence-electron chi connectivity index (χ1n) is 15.2. The average molecular weight is 497 g/mol. The summed E-state index contributed by atoms with van der Waals surface area (Å²) in [6.45, 7) is 10.1. The fraction of sp³-hybridized carbons (Fsp3) is 0.935. The predicted octanol–water partition coefficient (Wildman–Crippen LogP) is 9.58. The van der Waals surface area contributed by atoms with Gasteiger partial charge in [-0.3, -0.25) is 9.59 Å². The summed E-state index contributed by atoms with van der Waals surface area (Å²) in [6, 6.07) is 0. The van der Waals surface area contributed by atoms with Crippen molar-refractivity contribution in [2.24, 2.45) is 11.8 Å². The van der Waals surface area contributed by atoms with Crippen molar-refractivity contribution in [3.05, 3.63) is 0 Å². The molecule has 0 aromatic carbocycles. The Morgan fingerprint density at radius 1 is 0.429 bits per heavy atom. The van der Waals surface area contributed by atoms with E-state index in [-0.39, 0.29) is 11.9 Å². The quantitative estimate of drug-likeness (QED) is 0.0883. The first kappa shape index (κ1) is 33.9. The van der Waals surface area contributed by atoms with Crippen LogP contribution in [0.5, 0.6) is 0 Å². The molecule has 0 saturated carbocycles. The summed E-state index contributed by atoms with van der Waals surface area (Å²) in [4.78, 5) is 23.4. The molecule has 0 spiro atoms. The molecular weight excluding hydrogens is 436 g/mol. The molecule has 0 saturated heterocycles. The highest BCUT2D eigenvalue weighted by molar-refractivity contribution is 5.69. The molecule has 0 atom stereocenters. The summed E-state index contributed by atoms with van der Waals surface area (Å²) in [5.74, 6) is 1.45. The van der Waals surface area contributed by atoms with Crippen molar-refractivity contribution in [1.82, 2.24) is 0 Å². The summed E-state index contributed by atoms with van der Waals surface area (Å²) in [7, 11) is 0. The van der Waals surface area contributed by atoms with Gasteiger partial charge in [0.2, 0.25) is 0 Å². The third-order valence-electron chi connectivity index (χ3n) is 6.64. The fourth-order valence-electron chi connectivity index (χ4n) is 4.31. The van der Waals surface area contributed by atoms with Crippen LogP contribution >= 0.6 is 0 Å².